The number of urea groups is 1. The molecule has 0 radical (unpaired) electrons. The summed E-state index contributed by atoms with van der Waals surface area (Å²) < 4.78 is 35.0. The number of nitrogens with zero attached hydrogens (tertiary/aromatic N) is 5. The molecule has 3 N–H and O–H groups in total. The van der Waals surface area contributed by atoms with Crippen LogP contribution in [0.3, 0.4) is 0 Å². The summed E-state index contributed by atoms with van der Waals surface area (Å²) in [7, 11) is 0. The Balaban J connectivity index is 1.26. The molecule has 2 fully saturated rings. The van der Waals surface area contributed by atoms with Gasteiger partial charge in [0.1, 0.15) is 17.6 Å². The first-order valence-electron chi connectivity index (χ1n) is 13.3. The third-order valence-electron chi connectivity index (χ3n) is 7.33. The van der Waals surface area contributed by atoms with Crippen LogP contribution in [-0.4, -0.2) is 62.2 Å². The van der Waals surface area contributed by atoms with E-state index in [0.717, 1.165) is 17.8 Å². The van der Waals surface area contributed by atoms with Crippen molar-refractivity contribution in [1.29, 1.82) is 0 Å². The highest BCUT2D eigenvalue weighted by atomic mass is 19.2. The Morgan fingerprint density at radius 3 is 2.49 bits per heavy atom. The summed E-state index contributed by atoms with van der Waals surface area (Å²) in [6.45, 7) is 4.70. The molecule has 10 nitrogen and oxygen atoms in total. The molecule has 0 bridgehead atoms. The molecule has 0 aliphatic carbocycles. The molecule has 2 aliphatic heterocycles. The van der Waals surface area contributed by atoms with E-state index in [1.807, 2.05) is 49.1 Å². The highest BCUT2D eigenvalue weighted by Crippen LogP contribution is 2.34. The summed E-state index contributed by atoms with van der Waals surface area (Å²) in [5.41, 5.74) is 3.15. The van der Waals surface area contributed by atoms with Crippen LogP contribution >= 0.6 is 0 Å². The number of rotatable bonds is 6. The molecule has 2 amide bonds. The van der Waals surface area contributed by atoms with Crippen molar-refractivity contribution in [3.63, 3.8) is 0 Å². The molecule has 2 saturated heterocycles. The first-order chi connectivity index (χ1) is 19.8. The van der Waals surface area contributed by atoms with Gasteiger partial charge in [-0.05, 0) is 50.1 Å². The number of hydrogen-bond acceptors (Lipinski definition) is 7. The van der Waals surface area contributed by atoms with Crippen LogP contribution < -0.4 is 15.5 Å². The summed E-state index contributed by atoms with van der Waals surface area (Å²) in [5, 5.41) is 20.2. The van der Waals surface area contributed by atoms with E-state index in [0.29, 0.717) is 53.7 Å². The van der Waals surface area contributed by atoms with Crippen molar-refractivity contribution >= 4 is 17.8 Å². The molecule has 4 heterocycles. The number of hydrogen-bond donors (Lipinski definition) is 3. The van der Waals surface area contributed by atoms with Crippen molar-refractivity contribution in [2.75, 3.05) is 23.3 Å². The summed E-state index contributed by atoms with van der Waals surface area (Å²) in [6, 6.07) is 12.0. The van der Waals surface area contributed by atoms with E-state index >= 15 is 0 Å². The predicted octanol–water partition coefficient (Wildman–Crippen LogP) is 4.14. The lowest BCUT2D eigenvalue weighted by Crippen LogP contribution is -2.51. The lowest BCUT2D eigenvalue weighted by atomic mass is 10.0. The Hall–Kier alpha value is -4.42. The number of ether oxygens (including phenoxy) is 1. The molecule has 2 aromatic carbocycles. The quantitative estimate of drug-likeness (QED) is 0.324. The van der Waals surface area contributed by atoms with Gasteiger partial charge in [0.15, 0.2) is 11.6 Å². The van der Waals surface area contributed by atoms with Crippen molar-refractivity contribution in [3.05, 3.63) is 83.7 Å². The van der Waals surface area contributed by atoms with Gasteiger partial charge in [-0.2, -0.15) is 5.10 Å². The number of halogens is 2. The molecule has 6 rings (SSSR count). The van der Waals surface area contributed by atoms with Gasteiger partial charge < -0.3 is 20.1 Å². The van der Waals surface area contributed by atoms with Crippen LogP contribution in [0, 0.1) is 18.6 Å². The number of anilines is 2. The van der Waals surface area contributed by atoms with Gasteiger partial charge >= 0.3 is 6.03 Å². The second-order valence-corrected chi connectivity index (χ2v) is 10.4. The average molecular weight is 562 g/mol. The number of aliphatic hydroxyl groups is 1. The van der Waals surface area contributed by atoms with Gasteiger partial charge in [0.2, 0.25) is 5.95 Å². The van der Waals surface area contributed by atoms with Crippen LogP contribution in [0.2, 0.25) is 0 Å². The Bertz CT molecular complexity index is 1560. The van der Waals surface area contributed by atoms with Crippen LogP contribution in [0.25, 0.3) is 16.9 Å². The molecule has 0 spiro atoms. The maximum Gasteiger partial charge on any atom is 0.320 e. The molecule has 41 heavy (non-hydrogen) atoms. The largest absolute Gasteiger partial charge is 0.389 e. The number of benzene rings is 2. The molecular formula is C29H29F2N7O3. The molecule has 4 aromatic rings. The zero-order valence-electron chi connectivity index (χ0n) is 22.5. The van der Waals surface area contributed by atoms with Crippen molar-refractivity contribution in [2.24, 2.45) is 0 Å². The van der Waals surface area contributed by atoms with Crippen LogP contribution in [0.15, 0.2) is 60.9 Å². The number of carbonyl (C=O) groups is 1. The number of aliphatic hydroxyl groups excluding tert-OH is 1. The fraction of sp³-hybridized carbons (Fsp3) is 0.310. The van der Waals surface area contributed by atoms with E-state index in [9.17, 15) is 18.7 Å². The Morgan fingerprint density at radius 2 is 1.80 bits per heavy atom. The molecule has 2 aromatic heterocycles. The maximum absolute atomic E-state index is 13.9. The summed E-state index contributed by atoms with van der Waals surface area (Å²) in [4.78, 5) is 24.1. The van der Waals surface area contributed by atoms with E-state index in [-0.39, 0.29) is 12.2 Å². The normalized spacial score (nSPS) is 20.6. The summed E-state index contributed by atoms with van der Waals surface area (Å²) >= 11 is 0. The summed E-state index contributed by atoms with van der Waals surface area (Å²) in [6.07, 6.45) is 2.65. The molecule has 0 saturated carbocycles. The zero-order valence-corrected chi connectivity index (χ0v) is 22.5. The van der Waals surface area contributed by atoms with Gasteiger partial charge in [0, 0.05) is 36.6 Å². The predicted molar refractivity (Wildman–Crippen MR) is 148 cm³/mol. The van der Waals surface area contributed by atoms with Gasteiger partial charge in [0.25, 0.3) is 0 Å². The topological polar surface area (TPSA) is 117 Å². The van der Waals surface area contributed by atoms with E-state index in [2.05, 4.69) is 20.6 Å². The monoisotopic (exact) mass is 561 g/mol. The molecule has 2 aliphatic rings. The third kappa shape index (κ3) is 5.35. The van der Waals surface area contributed by atoms with Crippen molar-refractivity contribution < 1.29 is 23.4 Å². The van der Waals surface area contributed by atoms with E-state index < -0.39 is 29.8 Å². The van der Waals surface area contributed by atoms with Gasteiger partial charge in [-0.25, -0.2) is 28.2 Å². The Kier molecular flexibility index (Phi) is 7.10. The minimum Gasteiger partial charge on any atom is -0.389 e. The highest BCUT2D eigenvalue weighted by molar-refractivity contribution is 5.91. The second-order valence-electron chi connectivity index (χ2n) is 10.4. The smallest absolute Gasteiger partial charge is 0.320 e. The number of amides is 2. The maximum atomic E-state index is 13.9. The Labute approximate surface area is 235 Å². The first-order valence-corrected chi connectivity index (χ1v) is 13.3. The third-order valence-corrected chi connectivity index (χ3v) is 7.33. The lowest BCUT2D eigenvalue weighted by molar-refractivity contribution is 0.0490. The van der Waals surface area contributed by atoms with E-state index in [4.69, 9.17) is 9.84 Å². The van der Waals surface area contributed by atoms with E-state index in [1.54, 1.807) is 17.1 Å². The number of carbonyl (C=O) groups excluding carboxylic acids is 1. The molecule has 212 valence electrons. The number of aromatic nitrogens is 4. The highest BCUT2D eigenvalue weighted by Gasteiger charge is 2.36. The molecule has 12 heteroatoms. The van der Waals surface area contributed by atoms with Gasteiger partial charge in [0.05, 0.1) is 23.9 Å². The van der Waals surface area contributed by atoms with Crippen LogP contribution in [0.4, 0.5) is 25.3 Å². The van der Waals surface area contributed by atoms with Crippen molar-refractivity contribution in [1.82, 2.24) is 25.1 Å². The van der Waals surface area contributed by atoms with Crippen molar-refractivity contribution in [2.45, 2.75) is 44.6 Å². The Morgan fingerprint density at radius 1 is 1.07 bits per heavy atom. The van der Waals surface area contributed by atoms with Gasteiger partial charge in [-0.3, -0.25) is 5.32 Å². The van der Waals surface area contributed by atoms with Gasteiger partial charge in [-0.1, -0.05) is 24.3 Å². The first kappa shape index (κ1) is 26.8. The fourth-order valence-corrected chi connectivity index (χ4v) is 5.23. The second kappa shape index (κ2) is 10.9. The molecular weight excluding hydrogens is 532 g/mol. The van der Waals surface area contributed by atoms with Gasteiger partial charge in [-0.15, -0.1) is 0 Å². The van der Waals surface area contributed by atoms with Crippen molar-refractivity contribution in [3.8, 4) is 16.9 Å². The number of nitrogens with one attached hydrogen (secondary N) is 2. The number of para-hydroxylation sites is 1. The molecule has 1 unspecified atom stereocenters. The summed E-state index contributed by atoms with van der Waals surface area (Å²) in [5.74, 6) is -0.930. The molecule has 3 atom stereocenters. The van der Waals surface area contributed by atoms with Crippen LogP contribution in [0.1, 0.15) is 30.6 Å². The minimum atomic E-state index is -0.969. The van der Waals surface area contributed by atoms with E-state index in [1.165, 1.54) is 6.07 Å². The fourth-order valence-electron chi connectivity index (χ4n) is 5.23. The average Bonchev–Trinajstić information content (AvgIpc) is 3.48. The van der Waals surface area contributed by atoms with Crippen LogP contribution in [0.5, 0.6) is 0 Å². The lowest BCUT2D eigenvalue weighted by Gasteiger charge is -2.35. The van der Waals surface area contributed by atoms with Crippen LogP contribution in [-0.2, 0) is 4.74 Å². The zero-order chi connectivity index (χ0) is 28.7. The standard InChI is InChI=1S/C29H29F2N7O3/c1-16-10-24(26(41-16)18-8-9-22(30)23(31)11-18)34-29(40)35-27-17(2)25(36-38(27)20-6-4-3-5-7-20)19-12-32-28(33-13-19)37-14-21(39)15-37/h3-9,11-13,16,21,24,26,39H,10,14-15H2,1-2H3,(H2,34,35,40)/t16?,24-,26+/m1/s1. The minimum absolute atomic E-state index is 0.191. The SMILES string of the molecule is Cc1c(-c2cnc(N3CC(O)C3)nc2)nn(-c2ccccc2)c1NC(=O)N[C@@H]1CC(C)O[C@H]1c1ccc(F)c(F)c1. The number of β-amino-alcohol motifs (C(OH)–C–C–N with tert-alkyl or cyclic N) is 1.